The van der Waals surface area contributed by atoms with E-state index in [-0.39, 0.29) is 11.4 Å². The molecule has 0 fully saturated rings. The monoisotopic (exact) mass is 354 g/mol. The molecule has 0 aliphatic carbocycles. The van der Waals surface area contributed by atoms with E-state index in [0.717, 1.165) is 17.8 Å². The normalized spacial score (nSPS) is 15.5. The number of nitrogens with zero attached hydrogens (tertiary/aromatic N) is 3. The molecule has 8 heteroatoms. The van der Waals surface area contributed by atoms with Crippen molar-refractivity contribution < 1.29 is 9.18 Å². The zero-order valence-corrected chi connectivity index (χ0v) is 14.5. The van der Waals surface area contributed by atoms with E-state index in [2.05, 4.69) is 34.9 Å². The highest BCUT2D eigenvalue weighted by atomic mass is 19.1. The number of hydrogen-bond acceptors (Lipinski definition) is 6. The molecule has 7 nitrogen and oxygen atoms in total. The SMILES string of the molecule is CC(C)CN1NC(Nc2cnccc2C(=O)NC#N)c2cc(F)ccc21. The molecule has 1 aromatic carbocycles. The van der Waals surface area contributed by atoms with E-state index in [0.29, 0.717) is 11.6 Å². The fraction of sp³-hybridized carbons (Fsp3) is 0.278. The minimum Gasteiger partial charge on any atom is -0.363 e. The maximum atomic E-state index is 13.8. The van der Waals surface area contributed by atoms with Crippen molar-refractivity contribution in [2.75, 3.05) is 16.9 Å². The molecule has 134 valence electrons. The molecule has 2 aromatic rings. The molecule has 0 saturated carbocycles. The van der Waals surface area contributed by atoms with E-state index < -0.39 is 12.1 Å². The van der Waals surface area contributed by atoms with Gasteiger partial charge < -0.3 is 10.3 Å². The third-order valence-corrected chi connectivity index (χ3v) is 3.96. The number of hydrazine groups is 1. The van der Waals surface area contributed by atoms with Crippen LogP contribution in [0.5, 0.6) is 0 Å². The predicted octanol–water partition coefficient (Wildman–Crippen LogP) is 2.52. The van der Waals surface area contributed by atoms with E-state index in [1.54, 1.807) is 12.3 Å². The van der Waals surface area contributed by atoms with Gasteiger partial charge in [-0.2, -0.15) is 5.26 Å². The van der Waals surface area contributed by atoms with Gasteiger partial charge in [0.25, 0.3) is 5.91 Å². The van der Waals surface area contributed by atoms with Crippen LogP contribution in [0.2, 0.25) is 0 Å². The van der Waals surface area contributed by atoms with Crippen LogP contribution in [-0.2, 0) is 0 Å². The summed E-state index contributed by atoms with van der Waals surface area (Å²) in [5, 5.41) is 15.9. The highest BCUT2D eigenvalue weighted by Gasteiger charge is 2.29. The Morgan fingerprint density at radius 1 is 1.46 bits per heavy atom. The standard InChI is InChI=1S/C18H19FN6O/c1-11(2)9-25-16-4-3-12(19)7-14(16)17(24-25)23-15-8-21-6-5-13(15)18(26)22-10-20/h3-8,11,17,23-24H,9H2,1-2H3,(H,22,26). The van der Waals surface area contributed by atoms with Gasteiger partial charge in [-0.1, -0.05) is 13.8 Å². The lowest BCUT2D eigenvalue weighted by Crippen LogP contribution is -2.39. The van der Waals surface area contributed by atoms with Gasteiger partial charge in [0.05, 0.1) is 23.1 Å². The summed E-state index contributed by atoms with van der Waals surface area (Å²) in [6, 6.07) is 6.13. The van der Waals surface area contributed by atoms with Crippen LogP contribution in [0.25, 0.3) is 0 Å². The number of carbonyl (C=O) groups excluding carboxylic acids is 1. The molecule has 3 rings (SSSR count). The first-order valence-electron chi connectivity index (χ1n) is 8.22. The number of fused-ring (bicyclic) bond motifs is 1. The average molecular weight is 354 g/mol. The quantitative estimate of drug-likeness (QED) is 0.564. The predicted molar refractivity (Wildman–Crippen MR) is 95.4 cm³/mol. The third-order valence-electron chi connectivity index (χ3n) is 3.96. The van der Waals surface area contributed by atoms with Crippen LogP contribution in [0, 0.1) is 23.2 Å². The van der Waals surface area contributed by atoms with Gasteiger partial charge in [0.15, 0.2) is 6.19 Å². The van der Waals surface area contributed by atoms with Gasteiger partial charge in [0.1, 0.15) is 12.0 Å². The highest BCUT2D eigenvalue weighted by molar-refractivity contribution is 6.00. The van der Waals surface area contributed by atoms with E-state index in [4.69, 9.17) is 5.26 Å². The number of carbonyl (C=O) groups is 1. The summed E-state index contributed by atoms with van der Waals surface area (Å²) in [7, 11) is 0. The number of aromatic nitrogens is 1. The Bertz CT molecular complexity index is 863. The summed E-state index contributed by atoms with van der Waals surface area (Å²) >= 11 is 0. The molecular weight excluding hydrogens is 335 g/mol. The van der Waals surface area contributed by atoms with Crippen LogP contribution in [0.1, 0.15) is 35.9 Å². The minimum absolute atomic E-state index is 0.281. The summed E-state index contributed by atoms with van der Waals surface area (Å²) in [6.07, 6.45) is 4.15. The van der Waals surface area contributed by atoms with Crippen LogP contribution < -0.4 is 21.1 Å². The fourth-order valence-electron chi connectivity index (χ4n) is 2.90. The van der Waals surface area contributed by atoms with Gasteiger partial charge in [0.2, 0.25) is 0 Å². The molecule has 1 unspecified atom stereocenters. The first-order chi connectivity index (χ1) is 12.5. The average Bonchev–Trinajstić information content (AvgIpc) is 2.91. The second-order valence-electron chi connectivity index (χ2n) is 6.40. The van der Waals surface area contributed by atoms with Crippen molar-refractivity contribution in [3.8, 4) is 6.19 Å². The van der Waals surface area contributed by atoms with E-state index in [1.807, 2.05) is 5.01 Å². The number of nitriles is 1. The molecule has 1 aromatic heterocycles. The van der Waals surface area contributed by atoms with Gasteiger partial charge in [-0.05, 0) is 30.2 Å². The molecule has 0 spiro atoms. The number of pyridine rings is 1. The van der Waals surface area contributed by atoms with Gasteiger partial charge >= 0.3 is 0 Å². The topological polar surface area (TPSA) is 93.1 Å². The lowest BCUT2D eigenvalue weighted by atomic mass is 10.1. The third kappa shape index (κ3) is 3.58. The molecule has 0 bridgehead atoms. The molecule has 3 N–H and O–H groups in total. The number of hydrogen-bond donors (Lipinski definition) is 3. The Labute approximate surface area is 150 Å². The van der Waals surface area contributed by atoms with Crippen LogP contribution >= 0.6 is 0 Å². The van der Waals surface area contributed by atoms with Crippen molar-refractivity contribution in [1.29, 1.82) is 5.26 Å². The number of halogens is 1. The maximum absolute atomic E-state index is 13.8. The zero-order chi connectivity index (χ0) is 18.7. The first-order valence-corrected chi connectivity index (χ1v) is 8.22. The number of rotatable bonds is 5. The molecule has 1 amide bonds. The van der Waals surface area contributed by atoms with Crippen LogP contribution in [0.4, 0.5) is 15.8 Å². The second-order valence-corrected chi connectivity index (χ2v) is 6.40. The number of amides is 1. The Kier molecular flexibility index (Phi) is 5.00. The Balaban J connectivity index is 1.91. The van der Waals surface area contributed by atoms with E-state index >= 15 is 0 Å². The summed E-state index contributed by atoms with van der Waals surface area (Å²) in [6.45, 7) is 4.93. The molecule has 1 aliphatic heterocycles. The fourth-order valence-corrected chi connectivity index (χ4v) is 2.90. The zero-order valence-electron chi connectivity index (χ0n) is 14.5. The highest BCUT2D eigenvalue weighted by Crippen LogP contribution is 2.34. The largest absolute Gasteiger partial charge is 0.363 e. The first kappa shape index (κ1) is 17.6. The lowest BCUT2D eigenvalue weighted by Gasteiger charge is -2.23. The van der Waals surface area contributed by atoms with Gasteiger partial charge in [0, 0.05) is 18.3 Å². The number of anilines is 2. The van der Waals surface area contributed by atoms with Gasteiger partial charge in [-0.3, -0.25) is 15.1 Å². The van der Waals surface area contributed by atoms with Gasteiger partial charge in [-0.25, -0.2) is 9.82 Å². The Morgan fingerprint density at radius 2 is 2.27 bits per heavy atom. The Morgan fingerprint density at radius 3 is 3.00 bits per heavy atom. The van der Waals surface area contributed by atoms with Crippen molar-refractivity contribution in [1.82, 2.24) is 15.7 Å². The van der Waals surface area contributed by atoms with Gasteiger partial charge in [-0.15, -0.1) is 0 Å². The van der Waals surface area contributed by atoms with Crippen molar-refractivity contribution in [3.63, 3.8) is 0 Å². The summed E-state index contributed by atoms with van der Waals surface area (Å²) in [5.41, 5.74) is 5.63. The second kappa shape index (κ2) is 7.37. The van der Waals surface area contributed by atoms with E-state index in [1.165, 1.54) is 30.6 Å². The Hall–Kier alpha value is -3.18. The summed E-state index contributed by atoms with van der Waals surface area (Å²) in [5.74, 6) is -0.471. The summed E-state index contributed by atoms with van der Waals surface area (Å²) < 4.78 is 13.8. The van der Waals surface area contributed by atoms with Crippen molar-refractivity contribution >= 4 is 17.3 Å². The van der Waals surface area contributed by atoms with Crippen LogP contribution in [0.3, 0.4) is 0 Å². The molecular formula is C18H19FN6O. The van der Waals surface area contributed by atoms with Crippen LogP contribution in [0.15, 0.2) is 36.7 Å². The molecule has 1 atom stereocenters. The van der Waals surface area contributed by atoms with Crippen LogP contribution in [-0.4, -0.2) is 17.4 Å². The van der Waals surface area contributed by atoms with Crippen molar-refractivity contribution in [3.05, 3.63) is 53.6 Å². The number of nitrogens with one attached hydrogen (secondary N) is 3. The number of benzene rings is 1. The van der Waals surface area contributed by atoms with Crippen molar-refractivity contribution in [2.45, 2.75) is 20.0 Å². The molecule has 1 aliphatic rings. The van der Waals surface area contributed by atoms with E-state index in [9.17, 15) is 9.18 Å². The molecule has 0 radical (unpaired) electrons. The molecule has 0 saturated heterocycles. The minimum atomic E-state index is -0.533. The lowest BCUT2D eigenvalue weighted by molar-refractivity contribution is 0.0973. The van der Waals surface area contributed by atoms with Crippen molar-refractivity contribution in [2.24, 2.45) is 5.92 Å². The summed E-state index contributed by atoms with van der Waals surface area (Å²) in [4.78, 5) is 16.1. The maximum Gasteiger partial charge on any atom is 0.266 e. The molecule has 26 heavy (non-hydrogen) atoms. The smallest absolute Gasteiger partial charge is 0.266 e. The molecule has 2 heterocycles.